The zero-order valence-corrected chi connectivity index (χ0v) is 18.7. The normalized spacial score (nSPS) is 16.3. The standard InChI is InChI=1S/C21H18BrNO4S2/c1-2-10-27-20(26)18(14-6-4-3-5-7-14)23-19(25)17(29-21(23)28)12-13-8-9-16(24)15(22)11-13/h3-9,11-12,18,24H,2,10H2,1H3/b17-12+. The maximum Gasteiger partial charge on any atom is 0.333 e. The van der Waals surface area contributed by atoms with Gasteiger partial charge in [-0.25, -0.2) is 4.79 Å². The second-order valence-electron chi connectivity index (χ2n) is 6.24. The highest BCUT2D eigenvalue weighted by Gasteiger charge is 2.42. The van der Waals surface area contributed by atoms with Crippen molar-refractivity contribution in [2.45, 2.75) is 19.4 Å². The molecule has 1 atom stereocenters. The van der Waals surface area contributed by atoms with Gasteiger partial charge >= 0.3 is 5.97 Å². The Balaban J connectivity index is 1.95. The molecule has 1 unspecified atom stereocenters. The monoisotopic (exact) mass is 491 g/mol. The Labute approximate surface area is 186 Å². The van der Waals surface area contributed by atoms with Crippen LogP contribution in [0.1, 0.15) is 30.5 Å². The van der Waals surface area contributed by atoms with Crippen LogP contribution in [0, 0.1) is 0 Å². The molecule has 1 heterocycles. The van der Waals surface area contributed by atoms with Crippen LogP contribution in [0.3, 0.4) is 0 Å². The fourth-order valence-electron chi connectivity index (χ4n) is 2.77. The Bertz CT molecular complexity index is 978. The summed E-state index contributed by atoms with van der Waals surface area (Å²) < 4.78 is 6.16. The van der Waals surface area contributed by atoms with Crippen LogP contribution in [0.15, 0.2) is 57.9 Å². The number of hydrogen-bond donors (Lipinski definition) is 1. The SMILES string of the molecule is CCCOC(=O)C(c1ccccc1)N1C(=O)/C(=C\c2ccc(O)c(Br)c2)SC1=S. The lowest BCUT2D eigenvalue weighted by Gasteiger charge is -2.25. The summed E-state index contributed by atoms with van der Waals surface area (Å²) in [6, 6.07) is 13.0. The van der Waals surface area contributed by atoms with E-state index in [1.807, 2.05) is 13.0 Å². The topological polar surface area (TPSA) is 66.8 Å². The predicted octanol–water partition coefficient (Wildman–Crippen LogP) is 5.05. The number of benzene rings is 2. The van der Waals surface area contributed by atoms with Gasteiger partial charge < -0.3 is 9.84 Å². The number of aromatic hydroxyl groups is 1. The van der Waals surface area contributed by atoms with Gasteiger partial charge in [0.05, 0.1) is 16.0 Å². The van der Waals surface area contributed by atoms with Crippen molar-refractivity contribution in [1.29, 1.82) is 0 Å². The van der Waals surface area contributed by atoms with Crippen molar-refractivity contribution in [3.63, 3.8) is 0 Å². The number of thiocarbonyl (C=S) groups is 1. The molecule has 0 saturated carbocycles. The number of esters is 1. The van der Waals surface area contributed by atoms with Gasteiger partial charge in [0.15, 0.2) is 6.04 Å². The van der Waals surface area contributed by atoms with Gasteiger partial charge in [0.25, 0.3) is 5.91 Å². The number of halogens is 1. The molecule has 29 heavy (non-hydrogen) atoms. The first-order valence-corrected chi connectivity index (χ1v) is 10.9. The van der Waals surface area contributed by atoms with Crippen molar-refractivity contribution in [1.82, 2.24) is 4.90 Å². The Morgan fingerprint density at radius 2 is 2.03 bits per heavy atom. The number of carbonyl (C=O) groups excluding carboxylic acids is 2. The van der Waals surface area contributed by atoms with E-state index in [0.29, 0.717) is 25.7 Å². The highest BCUT2D eigenvalue weighted by atomic mass is 79.9. The summed E-state index contributed by atoms with van der Waals surface area (Å²) in [6.45, 7) is 2.18. The highest BCUT2D eigenvalue weighted by Crippen LogP contribution is 2.39. The lowest BCUT2D eigenvalue weighted by molar-refractivity contribution is -0.151. The summed E-state index contributed by atoms with van der Waals surface area (Å²) in [5, 5.41) is 9.65. The number of amides is 1. The molecule has 0 aliphatic carbocycles. The molecular formula is C21H18BrNO4S2. The minimum atomic E-state index is -0.937. The van der Waals surface area contributed by atoms with E-state index in [9.17, 15) is 14.7 Å². The first kappa shape index (κ1) is 21.5. The van der Waals surface area contributed by atoms with E-state index in [4.69, 9.17) is 17.0 Å². The summed E-state index contributed by atoms with van der Waals surface area (Å²) in [6.07, 6.45) is 2.37. The second kappa shape index (κ2) is 9.56. The molecule has 5 nitrogen and oxygen atoms in total. The zero-order chi connectivity index (χ0) is 21.0. The van der Waals surface area contributed by atoms with Gasteiger partial charge in [-0.15, -0.1) is 0 Å². The summed E-state index contributed by atoms with van der Waals surface area (Å²) in [4.78, 5) is 27.6. The van der Waals surface area contributed by atoms with Crippen molar-refractivity contribution in [2.75, 3.05) is 6.61 Å². The molecule has 1 amide bonds. The van der Waals surface area contributed by atoms with Crippen LogP contribution in [0.5, 0.6) is 5.75 Å². The molecule has 1 aliphatic heterocycles. The van der Waals surface area contributed by atoms with Crippen LogP contribution in [0.4, 0.5) is 0 Å². The number of rotatable bonds is 6. The number of hydrogen-bond acceptors (Lipinski definition) is 6. The van der Waals surface area contributed by atoms with Gasteiger partial charge in [0.1, 0.15) is 10.1 Å². The lowest BCUT2D eigenvalue weighted by Crippen LogP contribution is -2.38. The summed E-state index contributed by atoms with van der Waals surface area (Å²) in [7, 11) is 0. The minimum absolute atomic E-state index is 0.109. The quantitative estimate of drug-likeness (QED) is 0.346. The van der Waals surface area contributed by atoms with Crippen LogP contribution < -0.4 is 0 Å². The molecular weight excluding hydrogens is 474 g/mol. The van der Waals surface area contributed by atoms with Gasteiger partial charge in [0, 0.05) is 0 Å². The average Bonchev–Trinajstić information content (AvgIpc) is 2.98. The third-order valence-corrected chi connectivity index (χ3v) is 6.10. The predicted molar refractivity (Wildman–Crippen MR) is 121 cm³/mol. The lowest BCUT2D eigenvalue weighted by atomic mass is 10.1. The Kier molecular flexibility index (Phi) is 7.10. The molecule has 2 aromatic rings. The van der Waals surface area contributed by atoms with E-state index in [1.165, 1.54) is 11.0 Å². The number of carbonyl (C=O) groups is 2. The number of phenols is 1. The van der Waals surface area contributed by atoms with E-state index in [0.717, 1.165) is 17.3 Å². The molecule has 3 rings (SSSR count). The smallest absolute Gasteiger partial charge is 0.333 e. The third kappa shape index (κ3) is 4.88. The van der Waals surface area contributed by atoms with Crippen LogP contribution in [-0.2, 0) is 14.3 Å². The van der Waals surface area contributed by atoms with Gasteiger partial charge in [-0.1, -0.05) is 67.3 Å². The van der Waals surface area contributed by atoms with Gasteiger partial charge in [0.2, 0.25) is 0 Å². The summed E-state index contributed by atoms with van der Waals surface area (Å²) in [5.74, 6) is -0.757. The maximum absolute atomic E-state index is 13.1. The van der Waals surface area contributed by atoms with Crippen molar-refractivity contribution in [3.8, 4) is 5.75 Å². The molecule has 1 N–H and O–H groups in total. The first-order chi connectivity index (χ1) is 13.9. The van der Waals surface area contributed by atoms with Crippen molar-refractivity contribution < 1.29 is 19.4 Å². The minimum Gasteiger partial charge on any atom is -0.507 e. The molecule has 0 spiro atoms. The molecule has 0 aromatic heterocycles. The molecule has 1 aliphatic rings. The summed E-state index contributed by atoms with van der Waals surface area (Å²) >= 11 is 9.83. The van der Waals surface area contributed by atoms with E-state index < -0.39 is 12.0 Å². The van der Waals surface area contributed by atoms with Crippen molar-refractivity contribution >= 4 is 62.2 Å². The van der Waals surface area contributed by atoms with Gasteiger partial charge in [-0.2, -0.15) is 0 Å². The van der Waals surface area contributed by atoms with E-state index in [2.05, 4.69) is 15.9 Å². The van der Waals surface area contributed by atoms with E-state index in [-0.39, 0.29) is 18.3 Å². The molecule has 2 aromatic carbocycles. The third-order valence-electron chi connectivity index (χ3n) is 4.14. The molecule has 1 fully saturated rings. The van der Waals surface area contributed by atoms with Gasteiger partial charge in [-0.3, -0.25) is 9.69 Å². The fourth-order valence-corrected chi connectivity index (χ4v) is 4.48. The Morgan fingerprint density at radius 3 is 2.69 bits per heavy atom. The van der Waals surface area contributed by atoms with Crippen LogP contribution >= 0.6 is 39.9 Å². The van der Waals surface area contributed by atoms with E-state index in [1.54, 1.807) is 42.5 Å². The highest BCUT2D eigenvalue weighted by molar-refractivity contribution is 9.10. The molecule has 1 saturated heterocycles. The summed E-state index contributed by atoms with van der Waals surface area (Å²) in [5.41, 5.74) is 1.36. The van der Waals surface area contributed by atoms with E-state index >= 15 is 0 Å². The van der Waals surface area contributed by atoms with Crippen molar-refractivity contribution in [2.24, 2.45) is 0 Å². The molecule has 8 heteroatoms. The molecule has 0 bridgehead atoms. The molecule has 0 radical (unpaired) electrons. The number of thioether (sulfide) groups is 1. The Hall–Kier alpha value is -2.16. The Morgan fingerprint density at radius 1 is 1.31 bits per heavy atom. The fraction of sp³-hybridized carbons (Fsp3) is 0.190. The largest absolute Gasteiger partial charge is 0.507 e. The molecule has 150 valence electrons. The number of nitrogens with zero attached hydrogens (tertiary/aromatic N) is 1. The van der Waals surface area contributed by atoms with Crippen LogP contribution in [0.2, 0.25) is 0 Å². The van der Waals surface area contributed by atoms with Crippen LogP contribution in [-0.4, -0.2) is 32.8 Å². The first-order valence-electron chi connectivity index (χ1n) is 8.89. The van der Waals surface area contributed by atoms with Gasteiger partial charge in [-0.05, 0) is 51.7 Å². The number of ether oxygens (including phenoxy) is 1. The number of phenolic OH excluding ortho intramolecular Hbond substituents is 1. The average molecular weight is 492 g/mol. The van der Waals surface area contributed by atoms with Crippen LogP contribution in [0.25, 0.3) is 6.08 Å². The van der Waals surface area contributed by atoms with Crippen molar-refractivity contribution in [3.05, 3.63) is 69.0 Å². The zero-order valence-electron chi connectivity index (χ0n) is 15.5. The maximum atomic E-state index is 13.1. The second-order valence-corrected chi connectivity index (χ2v) is 8.77.